The summed E-state index contributed by atoms with van der Waals surface area (Å²) in [6, 6.07) is 6.69. The van der Waals surface area contributed by atoms with Crippen molar-refractivity contribution in [3.05, 3.63) is 45.1 Å². The molecule has 0 saturated carbocycles. The SMILES string of the molecule is CCc1c(N2CCOCC2=O)cccc1S(=O)(=O)N[C@@H](CNC(=O)c1ccc(Cl)s1)C(=O)N1CCCC(C)(C)C1. The van der Waals surface area contributed by atoms with Crippen molar-refractivity contribution in [3.8, 4) is 0 Å². The number of rotatable bonds is 9. The Labute approximate surface area is 244 Å². The Morgan fingerprint density at radius 2 is 1.98 bits per heavy atom. The van der Waals surface area contributed by atoms with Gasteiger partial charge in [0.25, 0.3) is 11.8 Å². The number of nitrogens with zero attached hydrogens (tertiary/aromatic N) is 2. The first-order chi connectivity index (χ1) is 18.9. The molecule has 218 valence electrons. The number of ether oxygens (including phenoxy) is 1. The molecule has 13 heteroatoms. The molecule has 0 bridgehead atoms. The molecule has 3 heterocycles. The zero-order chi connectivity index (χ0) is 29.1. The van der Waals surface area contributed by atoms with Crippen LogP contribution >= 0.6 is 22.9 Å². The molecular weight excluding hydrogens is 576 g/mol. The van der Waals surface area contributed by atoms with Crippen molar-refractivity contribution in [2.45, 2.75) is 51.0 Å². The van der Waals surface area contributed by atoms with Crippen LogP contribution in [0, 0.1) is 5.41 Å². The van der Waals surface area contributed by atoms with Gasteiger partial charge in [0.05, 0.1) is 20.7 Å². The van der Waals surface area contributed by atoms with E-state index >= 15 is 0 Å². The minimum Gasteiger partial charge on any atom is -0.370 e. The summed E-state index contributed by atoms with van der Waals surface area (Å²) in [6.07, 6.45) is 2.09. The molecule has 0 radical (unpaired) electrons. The van der Waals surface area contributed by atoms with E-state index in [0.29, 0.717) is 53.1 Å². The van der Waals surface area contributed by atoms with Crippen LogP contribution in [0.1, 0.15) is 48.8 Å². The van der Waals surface area contributed by atoms with E-state index in [1.165, 1.54) is 11.0 Å². The lowest BCUT2D eigenvalue weighted by molar-refractivity contribution is -0.135. The first-order valence-electron chi connectivity index (χ1n) is 13.3. The van der Waals surface area contributed by atoms with Crippen LogP contribution in [0.5, 0.6) is 0 Å². The molecule has 2 aromatic rings. The third-order valence-corrected chi connectivity index (χ3v) is 9.89. The number of anilines is 1. The maximum Gasteiger partial charge on any atom is 0.261 e. The molecule has 0 spiro atoms. The van der Waals surface area contributed by atoms with Gasteiger partial charge in [-0.3, -0.25) is 14.4 Å². The lowest BCUT2D eigenvalue weighted by Gasteiger charge is -2.39. The van der Waals surface area contributed by atoms with Gasteiger partial charge in [-0.2, -0.15) is 4.72 Å². The van der Waals surface area contributed by atoms with Gasteiger partial charge in [-0.15, -0.1) is 11.3 Å². The van der Waals surface area contributed by atoms with Gasteiger partial charge in [0, 0.05) is 31.9 Å². The largest absolute Gasteiger partial charge is 0.370 e. The fraction of sp³-hybridized carbons (Fsp3) is 0.519. The Kier molecular flexibility index (Phi) is 9.56. The zero-order valence-corrected chi connectivity index (χ0v) is 25.3. The summed E-state index contributed by atoms with van der Waals surface area (Å²) in [6.45, 7) is 7.28. The fourth-order valence-electron chi connectivity index (χ4n) is 5.17. The summed E-state index contributed by atoms with van der Waals surface area (Å²) in [4.78, 5) is 42.5. The summed E-state index contributed by atoms with van der Waals surface area (Å²) in [7, 11) is -4.24. The number of likely N-dealkylation sites (tertiary alicyclic amines) is 1. The van der Waals surface area contributed by atoms with Crippen molar-refractivity contribution in [1.29, 1.82) is 0 Å². The number of carbonyl (C=O) groups is 3. The van der Waals surface area contributed by atoms with Crippen LogP contribution in [0.2, 0.25) is 4.34 Å². The maximum atomic E-state index is 13.8. The number of thiophene rings is 1. The zero-order valence-electron chi connectivity index (χ0n) is 22.9. The van der Waals surface area contributed by atoms with Crippen LogP contribution in [-0.4, -0.2) is 76.5 Å². The number of benzene rings is 1. The molecule has 2 N–H and O–H groups in total. The fourth-order valence-corrected chi connectivity index (χ4v) is 7.64. The third-order valence-electron chi connectivity index (χ3n) is 7.10. The van der Waals surface area contributed by atoms with Gasteiger partial charge in [0.1, 0.15) is 12.6 Å². The van der Waals surface area contributed by atoms with Crippen molar-refractivity contribution in [2.24, 2.45) is 5.41 Å². The molecule has 0 aliphatic carbocycles. The topological polar surface area (TPSA) is 125 Å². The van der Waals surface area contributed by atoms with Gasteiger partial charge in [0.15, 0.2) is 0 Å². The minimum absolute atomic E-state index is 0.0140. The Morgan fingerprint density at radius 1 is 1.20 bits per heavy atom. The van der Waals surface area contributed by atoms with E-state index in [2.05, 4.69) is 23.9 Å². The molecule has 1 aromatic carbocycles. The van der Waals surface area contributed by atoms with E-state index in [1.807, 2.05) is 6.92 Å². The number of piperidine rings is 1. The molecule has 0 unspecified atom stereocenters. The highest BCUT2D eigenvalue weighted by atomic mass is 35.5. The average molecular weight is 611 g/mol. The Balaban J connectivity index is 1.63. The second-order valence-electron chi connectivity index (χ2n) is 10.7. The normalized spacial score (nSPS) is 18.4. The third kappa shape index (κ3) is 7.03. The van der Waals surface area contributed by atoms with Crippen LogP contribution in [0.15, 0.2) is 35.2 Å². The summed E-state index contributed by atoms with van der Waals surface area (Å²) < 4.78 is 35.9. The van der Waals surface area contributed by atoms with Gasteiger partial charge < -0.3 is 19.9 Å². The van der Waals surface area contributed by atoms with Gasteiger partial charge in [-0.1, -0.05) is 38.4 Å². The lowest BCUT2D eigenvalue weighted by Crippen LogP contribution is -2.56. The molecule has 1 atom stereocenters. The van der Waals surface area contributed by atoms with Crippen molar-refractivity contribution in [3.63, 3.8) is 0 Å². The molecule has 2 saturated heterocycles. The number of halogens is 1. The Morgan fingerprint density at radius 3 is 2.62 bits per heavy atom. The van der Waals surface area contributed by atoms with Crippen molar-refractivity contribution in [1.82, 2.24) is 14.9 Å². The lowest BCUT2D eigenvalue weighted by atomic mass is 9.84. The molecular formula is C27H35ClN4O6S2. The predicted molar refractivity (Wildman–Crippen MR) is 154 cm³/mol. The van der Waals surface area contributed by atoms with Crippen molar-refractivity contribution >= 4 is 56.4 Å². The number of carbonyl (C=O) groups excluding carboxylic acids is 3. The number of amides is 3. The molecule has 2 fully saturated rings. The molecule has 10 nitrogen and oxygen atoms in total. The highest BCUT2D eigenvalue weighted by Crippen LogP contribution is 2.31. The minimum atomic E-state index is -4.24. The quantitative estimate of drug-likeness (QED) is 0.450. The first-order valence-corrected chi connectivity index (χ1v) is 15.9. The molecule has 40 heavy (non-hydrogen) atoms. The van der Waals surface area contributed by atoms with Crippen LogP contribution in [0.3, 0.4) is 0 Å². The van der Waals surface area contributed by atoms with E-state index in [4.69, 9.17) is 16.3 Å². The number of morpholine rings is 1. The van der Waals surface area contributed by atoms with Crippen LogP contribution < -0.4 is 14.9 Å². The van der Waals surface area contributed by atoms with E-state index in [9.17, 15) is 22.8 Å². The van der Waals surface area contributed by atoms with Crippen LogP contribution in [0.4, 0.5) is 5.69 Å². The highest BCUT2D eigenvalue weighted by molar-refractivity contribution is 7.89. The van der Waals surface area contributed by atoms with E-state index in [-0.39, 0.29) is 29.4 Å². The summed E-state index contributed by atoms with van der Waals surface area (Å²) in [5, 5.41) is 2.70. The van der Waals surface area contributed by atoms with Crippen molar-refractivity contribution in [2.75, 3.05) is 44.3 Å². The second-order valence-corrected chi connectivity index (χ2v) is 14.1. The Bertz CT molecular complexity index is 1380. The highest BCUT2D eigenvalue weighted by Gasteiger charge is 2.36. The maximum absolute atomic E-state index is 13.8. The van der Waals surface area contributed by atoms with E-state index in [0.717, 1.165) is 24.2 Å². The molecule has 2 aliphatic heterocycles. The summed E-state index contributed by atoms with van der Waals surface area (Å²) in [5.41, 5.74) is 0.859. The molecule has 1 aromatic heterocycles. The standard InChI is InChI=1S/C27H35ClN4O6S2/c1-4-18-20(32-13-14-38-16-24(32)33)7-5-8-22(18)40(36,37)30-19(15-29-25(34)21-9-10-23(28)39-21)26(35)31-12-6-11-27(2,3)17-31/h5,7-10,19,30H,4,6,11-17H2,1-3H3,(H,29,34)/t19-/m0/s1. The van der Waals surface area contributed by atoms with Gasteiger partial charge in [0.2, 0.25) is 15.9 Å². The number of nitrogens with one attached hydrogen (secondary N) is 2. The summed E-state index contributed by atoms with van der Waals surface area (Å²) >= 11 is 7.05. The van der Waals surface area contributed by atoms with Gasteiger partial charge in [-0.05, 0) is 54.5 Å². The van der Waals surface area contributed by atoms with Crippen molar-refractivity contribution < 1.29 is 27.5 Å². The molecule has 3 amide bonds. The number of hydrogen-bond donors (Lipinski definition) is 2. The Hall–Kier alpha value is -2.51. The van der Waals surface area contributed by atoms with Gasteiger partial charge >= 0.3 is 0 Å². The smallest absolute Gasteiger partial charge is 0.261 e. The van der Waals surface area contributed by atoms with Crippen LogP contribution in [-0.2, 0) is 30.8 Å². The summed E-state index contributed by atoms with van der Waals surface area (Å²) in [5.74, 6) is -1.10. The predicted octanol–water partition coefficient (Wildman–Crippen LogP) is 3.05. The number of sulfonamides is 1. The second kappa shape index (κ2) is 12.6. The molecule has 4 rings (SSSR count). The number of hydrogen-bond acceptors (Lipinski definition) is 7. The first kappa shape index (κ1) is 30.4. The van der Waals surface area contributed by atoms with E-state index < -0.39 is 27.9 Å². The monoisotopic (exact) mass is 610 g/mol. The van der Waals surface area contributed by atoms with E-state index in [1.54, 1.807) is 29.2 Å². The molecule has 2 aliphatic rings. The average Bonchev–Trinajstić information content (AvgIpc) is 3.36. The van der Waals surface area contributed by atoms with Crippen LogP contribution in [0.25, 0.3) is 0 Å². The van der Waals surface area contributed by atoms with Gasteiger partial charge in [-0.25, -0.2) is 8.42 Å².